The zero-order valence-electron chi connectivity index (χ0n) is 17.5. The van der Waals surface area contributed by atoms with Gasteiger partial charge in [0, 0.05) is 36.5 Å². The molecule has 162 valence electrons. The highest BCUT2D eigenvalue weighted by atomic mass is 16.5. The first-order valence-corrected chi connectivity index (χ1v) is 10.5. The third kappa shape index (κ3) is 5.62. The monoisotopic (exact) mass is 428 g/mol. The van der Waals surface area contributed by atoms with Gasteiger partial charge in [-0.15, -0.1) is 0 Å². The van der Waals surface area contributed by atoms with E-state index in [0.29, 0.717) is 24.5 Å². The lowest BCUT2D eigenvalue weighted by Gasteiger charge is -2.17. The fourth-order valence-electron chi connectivity index (χ4n) is 3.45. The number of aromatic amines is 1. The second kappa shape index (κ2) is 10.4. The van der Waals surface area contributed by atoms with Gasteiger partial charge in [0.1, 0.15) is 17.6 Å². The van der Waals surface area contributed by atoms with Crippen LogP contribution in [0.2, 0.25) is 0 Å². The van der Waals surface area contributed by atoms with Crippen LogP contribution in [0, 0.1) is 0 Å². The van der Waals surface area contributed by atoms with E-state index in [-0.39, 0.29) is 18.2 Å². The maximum Gasteiger partial charge on any atom is 0.328 e. The number of para-hydroxylation sites is 2. The van der Waals surface area contributed by atoms with Gasteiger partial charge in [0.15, 0.2) is 5.78 Å². The number of carbonyl (C=O) groups excluding carboxylic acids is 2. The maximum atomic E-state index is 12.9. The molecule has 2 aromatic heterocycles. The second-order valence-electron chi connectivity index (χ2n) is 7.37. The van der Waals surface area contributed by atoms with E-state index in [0.717, 1.165) is 16.5 Å². The van der Waals surface area contributed by atoms with E-state index in [2.05, 4.69) is 10.3 Å². The number of furan rings is 1. The van der Waals surface area contributed by atoms with Gasteiger partial charge in [-0.1, -0.05) is 36.4 Å². The zero-order valence-corrected chi connectivity index (χ0v) is 17.5. The summed E-state index contributed by atoms with van der Waals surface area (Å²) in [6.45, 7) is 0.345. The Morgan fingerprint density at radius 2 is 1.84 bits per heavy atom. The molecule has 0 saturated heterocycles. The molecule has 6 heteroatoms. The molecule has 0 amide bonds. The predicted molar refractivity (Wildman–Crippen MR) is 123 cm³/mol. The Bertz CT molecular complexity index is 1190. The van der Waals surface area contributed by atoms with Gasteiger partial charge < -0.3 is 19.5 Å². The van der Waals surface area contributed by atoms with E-state index in [1.807, 2.05) is 48.7 Å². The van der Waals surface area contributed by atoms with Crippen LogP contribution < -0.4 is 10.1 Å². The van der Waals surface area contributed by atoms with Gasteiger partial charge in [0.2, 0.25) is 0 Å². The molecule has 0 fully saturated rings. The number of esters is 1. The lowest BCUT2D eigenvalue weighted by Crippen LogP contribution is -2.42. The number of fused-ring (bicyclic) bond motifs is 1. The minimum atomic E-state index is -0.601. The number of hydrogen-bond donors (Lipinski definition) is 2. The van der Waals surface area contributed by atoms with Crippen LogP contribution in [-0.4, -0.2) is 29.3 Å². The van der Waals surface area contributed by atoms with Crippen LogP contribution in [0.25, 0.3) is 17.0 Å². The van der Waals surface area contributed by atoms with Gasteiger partial charge >= 0.3 is 5.97 Å². The lowest BCUT2D eigenvalue weighted by molar-refractivity contribution is -0.136. The van der Waals surface area contributed by atoms with Crippen molar-refractivity contribution in [3.63, 3.8) is 0 Å². The Morgan fingerprint density at radius 1 is 1.03 bits per heavy atom. The normalized spacial score (nSPS) is 12.2. The molecule has 0 radical (unpaired) electrons. The van der Waals surface area contributed by atoms with Crippen molar-refractivity contribution < 1.29 is 18.7 Å². The zero-order chi connectivity index (χ0) is 22.2. The summed E-state index contributed by atoms with van der Waals surface area (Å²) >= 11 is 0. The van der Waals surface area contributed by atoms with Gasteiger partial charge in [0.25, 0.3) is 0 Å². The number of ether oxygens (including phenoxy) is 1. The number of ketones is 1. The molecule has 6 nitrogen and oxygen atoms in total. The average molecular weight is 428 g/mol. The minimum absolute atomic E-state index is 0.0591. The van der Waals surface area contributed by atoms with Crippen molar-refractivity contribution in [2.45, 2.75) is 18.9 Å². The van der Waals surface area contributed by atoms with Crippen molar-refractivity contribution in [3.8, 4) is 5.75 Å². The average Bonchev–Trinajstić information content (AvgIpc) is 3.48. The Morgan fingerprint density at radius 3 is 2.66 bits per heavy atom. The first kappa shape index (κ1) is 21.3. The molecule has 4 rings (SSSR count). The van der Waals surface area contributed by atoms with Gasteiger partial charge in [-0.25, -0.2) is 4.79 Å². The van der Waals surface area contributed by atoms with Crippen LogP contribution in [0.1, 0.15) is 17.7 Å². The fraction of sp³-hybridized carbons (Fsp3) is 0.154. The smallest absolute Gasteiger partial charge is 0.328 e. The molecule has 0 aliphatic carbocycles. The summed E-state index contributed by atoms with van der Waals surface area (Å²) in [5.74, 6) is 0.659. The number of allylic oxidation sites excluding steroid dienone is 1. The Kier molecular flexibility index (Phi) is 6.94. The number of benzene rings is 2. The van der Waals surface area contributed by atoms with Crippen LogP contribution in [0.4, 0.5) is 0 Å². The van der Waals surface area contributed by atoms with Gasteiger partial charge in [0.05, 0.1) is 6.26 Å². The number of rotatable bonds is 10. The second-order valence-corrected chi connectivity index (χ2v) is 7.37. The van der Waals surface area contributed by atoms with Crippen molar-refractivity contribution in [1.29, 1.82) is 0 Å². The predicted octanol–water partition coefficient (Wildman–Crippen LogP) is 4.54. The number of H-pyrrole nitrogens is 1. The van der Waals surface area contributed by atoms with Gasteiger partial charge in [-0.2, -0.15) is 0 Å². The molecule has 4 aromatic rings. The molecular weight excluding hydrogens is 404 g/mol. The Balaban J connectivity index is 1.42. The number of nitrogens with one attached hydrogen (secondary N) is 2. The number of carbonyl (C=O) groups is 2. The fourth-order valence-corrected chi connectivity index (χ4v) is 3.45. The standard InChI is InChI=1S/C26H24N2O4/c29-20(12-13-21-9-6-16-31-21)14-15-27-25(26(30)32-22-7-2-1-3-8-22)17-19-18-28-24-11-5-4-10-23(19)24/h1-13,16,18,25,27-28H,14-15,17H2/t25-/m0/s1. The number of hydrogen-bond acceptors (Lipinski definition) is 5. The van der Waals surface area contributed by atoms with Crippen LogP contribution in [0.3, 0.4) is 0 Å². The number of aromatic nitrogens is 1. The summed E-state index contributed by atoms with van der Waals surface area (Å²) in [4.78, 5) is 28.3. The molecule has 0 aliphatic rings. The molecule has 0 saturated carbocycles. The summed E-state index contributed by atoms with van der Waals surface area (Å²) < 4.78 is 10.8. The maximum absolute atomic E-state index is 12.9. The van der Waals surface area contributed by atoms with E-state index in [1.165, 1.54) is 6.08 Å². The highest BCUT2D eigenvalue weighted by Crippen LogP contribution is 2.20. The van der Waals surface area contributed by atoms with E-state index in [9.17, 15) is 9.59 Å². The van der Waals surface area contributed by atoms with E-state index in [1.54, 1.807) is 36.6 Å². The van der Waals surface area contributed by atoms with Crippen molar-refractivity contribution in [2.75, 3.05) is 6.54 Å². The first-order chi connectivity index (χ1) is 15.7. The quantitative estimate of drug-likeness (QED) is 0.220. The summed E-state index contributed by atoms with van der Waals surface area (Å²) in [5, 5.41) is 4.26. The van der Waals surface area contributed by atoms with Gasteiger partial charge in [-0.05, 0) is 48.0 Å². The van der Waals surface area contributed by atoms with Crippen LogP contribution in [-0.2, 0) is 16.0 Å². The summed E-state index contributed by atoms with van der Waals surface area (Å²) in [6, 6.07) is 19.8. The largest absolute Gasteiger partial charge is 0.465 e. The summed E-state index contributed by atoms with van der Waals surface area (Å²) in [6.07, 6.45) is 7.27. The summed E-state index contributed by atoms with van der Waals surface area (Å²) in [5.41, 5.74) is 2.02. The van der Waals surface area contributed by atoms with E-state index >= 15 is 0 Å². The third-order valence-corrected chi connectivity index (χ3v) is 5.08. The van der Waals surface area contributed by atoms with Crippen molar-refractivity contribution in [3.05, 3.63) is 96.6 Å². The van der Waals surface area contributed by atoms with E-state index < -0.39 is 6.04 Å². The van der Waals surface area contributed by atoms with Gasteiger partial charge in [-0.3, -0.25) is 4.79 Å². The first-order valence-electron chi connectivity index (χ1n) is 10.5. The molecule has 2 heterocycles. The van der Waals surface area contributed by atoms with Crippen molar-refractivity contribution in [1.82, 2.24) is 10.3 Å². The van der Waals surface area contributed by atoms with E-state index in [4.69, 9.17) is 9.15 Å². The molecule has 0 unspecified atom stereocenters. The van der Waals surface area contributed by atoms with Crippen LogP contribution >= 0.6 is 0 Å². The molecular formula is C26H24N2O4. The molecule has 0 spiro atoms. The minimum Gasteiger partial charge on any atom is -0.465 e. The Hall–Kier alpha value is -3.90. The molecule has 2 N–H and O–H groups in total. The summed E-state index contributed by atoms with van der Waals surface area (Å²) in [7, 11) is 0. The third-order valence-electron chi connectivity index (χ3n) is 5.08. The highest BCUT2D eigenvalue weighted by molar-refractivity contribution is 5.93. The molecule has 32 heavy (non-hydrogen) atoms. The van der Waals surface area contributed by atoms with Crippen molar-refractivity contribution >= 4 is 28.7 Å². The molecule has 0 aliphatic heterocycles. The topological polar surface area (TPSA) is 84.3 Å². The molecule has 0 bridgehead atoms. The molecule has 1 atom stereocenters. The highest BCUT2D eigenvalue weighted by Gasteiger charge is 2.22. The van der Waals surface area contributed by atoms with Crippen LogP contribution in [0.15, 0.2) is 89.7 Å². The SMILES string of the molecule is O=C(C=Cc1ccco1)CCN[C@@H](Cc1c[nH]c2ccccc12)C(=O)Oc1ccccc1. The molecule has 2 aromatic carbocycles. The van der Waals surface area contributed by atoms with Crippen molar-refractivity contribution in [2.24, 2.45) is 0 Å². The van der Waals surface area contributed by atoms with Crippen LogP contribution in [0.5, 0.6) is 5.75 Å². The lowest BCUT2D eigenvalue weighted by atomic mass is 10.0. The Labute approximate surface area is 185 Å².